The molecule has 0 spiro atoms. The van der Waals surface area contributed by atoms with Gasteiger partial charge >= 0.3 is 0 Å². The maximum atomic E-state index is 12.2. The van der Waals surface area contributed by atoms with E-state index in [0.717, 1.165) is 29.7 Å². The molecule has 2 aromatic carbocycles. The molecule has 0 aromatic heterocycles. The van der Waals surface area contributed by atoms with Crippen LogP contribution in [0.25, 0.3) is 0 Å². The second-order valence-electron chi connectivity index (χ2n) is 7.02. The zero-order valence-corrected chi connectivity index (χ0v) is 17.3. The van der Waals surface area contributed by atoms with Gasteiger partial charge in [0.25, 0.3) is 0 Å². The summed E-state index contributed by atoms with van der Waals surface area (Å²) in [7, 11) is 0. The number of benzene rings is 2. The highest BCUT2D eigenvalue weighted by Crippen LogP contribution is 2.25. The second-order valence-corrected chi connectivity index (χ2v) is 7.87. The van der Waals surface area contributed by atoms with Crippen LogP contribution in [0.5, 0.6) is 5.75 Å². The molecule has 27 heavy (non-hydrogen) atoms. The number of amides is 1. The Kier molecular flexibility index (Phi) is 7.30. The van der Waals surface area contributed by atoms with Crippen molar-refractivity contribution in [1.82, 2.24) is 10.2 Å². The average molecular weight is 431 g/mol. The highest BCUT2D eigenvalue weighted by atomic mass is 79.9. The van der Waals surface area contributed by atoms with Crippen LogP contribution >= 0.6 is 15.9 Å². The van der Waals surface area contributed by atoms with Crippen LogP contribution in [-0.2, 0) is 4.79 Å². The first-order valence-electron chi connectivity index (χ1n) is 9.59. The molecule has 0 saturated carbocycles. The van der Waals surface area contributed by atoms with Crippen LogP contribution in [0.3, 0.4) is 0 Å². The van der Waals surface area contributed by atoms with E-state index in [2.05, 4.69) is 57.3 Å². The number of hydrogen-bond acceptors (Lipinski definition) is 3. The molecule has 4 nitrogen and oxygen atoms in total. The van der Waals surface area contributed by atoms with Crippen LogP contribution in [-0.4, -0.2) is 36.5 Å². The lowest BCUT2D eigenvalue weighted by Gasteiger charge is -2.24. The Morgan fingerprint density at radius 2 is 1.96 bits per heavy atom. The van der Waals surface area contributed by atoms with Crippen molar-refractivity contribution in [2.75, 3.05) is 19.7 Å². The minimum absolute atomic E-state index is 0.116. The van der Waals surface area contributed by atoms with E-state index < -0.39 is 0 Å². The van der Waals surface area contributed by atoms with Crippen molar-refractivity contribution >= 4 is 21.8 Å². The largest absolute Gasteiger partial charge is 0.492 e. The second kappa shape index (κ2) is 9.90. The fourth-order valence-electron chi connectivity index (χ4n) is 3.48. The Morgan fingerprint density at radius 3 is 2.74 bits per heavy atom. The molecule has 0 bridgehead atoms. The summed E-state index contributed by atoms with van der Waals surface area (Å²) in [6, 6.07) is 18.9. The Balaban J connectivity index is 1.36. The molecule has 1 aliphatic heterocycles. The van der Waals surface area contributed by atoms with Crippen LogP contribution in [0.1, 0.15) is 37.8 Å². The molecule has 144 valence electrons. The molecule has 2 atom stereocenters. The standard InChI is InChI=1S/C22H27BrN2O2/c1-17(18-8-3-2-4-9-18)25-14-13-19(16-25)24-22(26)12-7-15-27-21-11-6-5-10-20(21)23/h2-6,8-11,17,19H,7,12-16H2,1H3,(H,24,26). The number of para-hydroxylation sites is 1. The summed E-state index contributed by atoms with van der Waals surface area (Å²) >= 11 is 3.46. The summed E-state index contributed by atoms with van der Waals surface area (Å²) in [6.07, 6.45) is 2.22. The van der Waals surface area contributed by atoms with Gasteiger partial charge in [-0.2, -0.15) is 0 Å². The Labute approximate surface area is 170 Å². The number of carbonyl (C=O) groups is 1. The first-order chi connectivity index (χ1) is 13.1. The quantitative estimate of drug-likeness (QED) is 0.624. The summed E-state index contributed by atoms with van der Waals surface area (Å²) in [5, 5.41) is 3.18. The van der Waals surface area contributed by atoms with Crippen LogP contribution in [0.2, 0.25) is 0 Å². The van der Waals surface area contributed by atoms with Gasteiger partial charge in [0.05, 0.1) is 11.1 Å². The van der Waals surface area contributed by atoms with Crippen molar-refractivity contribution in [2.24, 2.45) is 0 Å². The lowest BCUT2D eigenvalue weighted by atomic mass is 10.1. The zero-order valence-electron chi connectivity index (χ0n) is 15.7. The van der Waals surface area contributed by atoms with E-state index in [1.54, 1.807) is 0 Å². The minimum Gasteiger partial charge on any atom is -0.492 e. The zero-order chi connectivity index (χ0) is 19.1. The monoisotopic (exact) mass is 430 g/mol. The van der Waals surface area contributed by atoms with E-state index in [-0.39, 0.29) is 11.9 Å². The molecular weight excluding hydrogens is 404 g/mol. The number of nitrogens with zero attached hydrogens (tertiary/aromatic N) is 1. The molecule has 1 saturated heterocycles. The molecule has 1 N–H and O–H groups in total. The molecular formula is C22H27BrN2O2. The van der Waals surface area contributed by atoms with Gasteiger partial charge in [0.15, 0.2) is 0 Å². The molecule has 1 amide bonds. The molecule has 0 aliphatic carbocycles. The number of nitrogens with one attached hydrogen (secondary N) is 1. The third kappa shape index (κ3) is 5.81. The van der Waals surface area contributed by atoms with Gasteiger partial charge < -0.3 is 10.1 Å². The molecule has 1 heterocycles. The van der Waals surface area contributed by atoms with Gasteiger partial charge in [-0.1, -0.05) is 42.5 Å². The molecule has 1 aliphatic rings. The van der Waals surface area contributed by atoms with Crippen LogP contribution in [0.15, 0.2) is 59.1 Å². The van der Waals surface area contributed by atoms with Gasteiger partial charge in [0.2, 0.25) is 5.91 Å². The lowest BCUT2D eigenvalue weighted by molar-refractivity contribution is -0.121. The van der Waals surface area contributed by atoms with Gasteiger partial charge in [-0.25, -0.2) is 0 Å². The molecule has 5 heteroatoms. The van der Waals surface area contributed by atoms with Crippen molar-refractivity contribution in [3.63, 3.8) is 0 Å². The maximum Gasteiger partial charge on any atom is 0.220 e. The number of ether oxygens (including phenoxy) is 1. The van der Waals surface area contributed by atoms with Crippen molar-refractivity contribution in [3.05, 3.63) is 64.6 Å². The molecule has 0 radical (unpaired) electrons. The fourth-order valence-corrected chi connectivity index (χ4v) is 3.87. The third-order valence-corrected chi connectivity index (χ3v) is 5.71. The SMILES string of the molecule is CC(c1ccccc1)N1CCC(NC(=O)CCCOc2ccccc2Br)C1. The van der Waals surface area contributed by atoms with E-state index in [9.17, 15) is 4.79 Å². The maximum absolute atomic E-state index is 12.2. The fraction of sp³-hybridized carbons (Fsp3) is 0.409. The normalized spacial score (nSPS) is 18.2. The van der Waals surface area contributed by atoms with Gasteiger partial charge in [0, 0.05) is 31.6 Å². The van der Waals surface area contributed by atoms with Gasteiger partial charge in [-0.15, -0.1) is 0 Å². The average Bonchev–Trinajstić information content (AvgIpc) is 3.15. The Bertz CT molecular complexity index is 738. The Morgan fingerprint density at radius 1 is 1.22 bits per heavy atom. The van der Waals surface area contributed by atoms with Crippen molar-refractivity contribution in [1.29, 1.82) is 0 Å². The summed E-state index contributed by atoms with van der Waals surface area (Å²) in [5.41, 5.74) is 1.33. The van der Waals surface area contributed by atoms with E-state index in [4.69, 9.17) is 4.74 Å². The number of halogens is 1. The van der Waals surface area contributed by atoms with Crippen molar-refractivity contribution in [2.45, 2.75) is 38.3 Å². The topological polar surface area (TPSA) is 41.6 Å². The third-order valence-electron chi connectivity index (χ3n) is 5.06. The number of rotatable bonds is 8. The van der Waals surface area contributed by atoms with E-state index in [0.29, 0.717) is 25.5 Å². The first-order valence-corrected chi connectivity index (χ1v) is 10.4. The van der Waals surface area contributed by atoms with Crippen LogP contribution < -0.4 is 10.1 Å². The molecule has 2 aromatic rings. The van der Waals surface area contributed by atoms with Gasteiger partial charge in [-0.05, 0) is 53.4 Å². The molecule has 2 unspecified atom stereocenters. The highest BCUT2D eigenvalue weighted by Gasteiger charge is 2.27. The molecule has 3 rings (SSSR count). The summed E-state index contributed by atoms with van der Waals surface area (Å²) in [5.74, 6) is 0.934. The molecule has 1 fully saturated rings. The van der Waals surface area contributed by atoms with Gasteiger partial charge in [-0.3, -0.25) is 9.69 Å². The van der Waals surface area contributed by atoms with Crippen molar-refractivity contribution < 1.29 is 9.53 Å². The van der Waals surface area contributed by atoms with Gasteiger partial charge in [0.1, 0.15) is 5.75 Å². The Hall–Kier alpha value is -1.85. The number of carbonyl (C=O) groups excluding carboxylic acids is 1. The predicted octanol–water partition coefficient (Wildman–Crippen LogP) is 4.56. The first kappa shape index (κ1) is 19.9. The highest BCUT2D eigenvalue weighted by molar-refractivity contribution is 9.10. The van der Waals surface area contributed by atoms with Crippen LogP contribution in [0.4, 0.5) is 0 Å². The summed E-state index contributed by atoms with van der Waals surface area (Å²) < 4.78 is 6.66. The lowest BCUT2D eigenvalue weighted by Crippen LogP contribution is -2.37. The van der Waals surface area contributed by atoms with E-state index in [1.165, 1.54) is 5.56 Å². The van der Waals surface area contributed by atoms with E-state index >= 15 is 0 Å². The van der Waals surface area contributed by atoms with Crippen molar-refractivity contribution in [3.8, 4) is 5.75 Å². The summed E-state index contributed by atoms with van der Waals surface area (Å²) in [4.78, 5) is 14.7. The smallest absolute Gasteiger partial charge is 0.220 e. The predicted molar refractivity (Wildman–Crippen MR) is 112 cm³/mol. The number of likely N-dealkylation sites (tertiary alicyclic amines) is 1. The minimum atomic E-state index is 0.116. The number of hydrogen-bond donors (Lipinski definition) is 1. The van der Waals surface area contributed by atoms with E-state index in [1.807, 2.05) is 30.3 Å². The van der Waals surface area contributed by atoms with Crippen LogP contribution in [0, 0.1) is 0 Å². The summed E-state index contributed by atoms with van der Waals surface area (Å²) in [6.45, 7) is 4.71.